The molecule has 1 N–H and O–H groups in total. The number of rotatable bonds is 5. The molecule has 3 heterocycles. The van der Waals surface area contributed by atoms with Crippen LogP contribution in [-0.2, 0) is 10.4 Å². The molecule has 0 amide bonds. The fourth-order valence-electron chi connectivity index (χ4n) is 3.94. The maximum Gasteiger partial charge on any atom is 0.169 e. The average Bonchev–Trinajstić information content (AvgIpc) is 3.37. The molecule has 5 nitrogen and oxygen atoms in total. The van der Waals surface area contributed by atoms with Crippen LogP contribution in [0, 0.1) is 26.2 Å². The third-order valence-corrected chi connectivity index (χ3v) is 6.85. The van der Waals surface area contributed by atoms with Gasteiger partial charge in [-0.1, -0.05) is 11.1 Å². The Morgan fingerprint density at radius 3 is 2.77 bits per heavy atom. The highest BCUT2D eigenvalue weighted by Crippen LogP contribution is 2.42. The second-order valence-corrected chi connectivity index (χ2v) is 8.95. The fourth-order valence-corrected chi connectivity index (χ4v) is 4.94. The van der Waals surface area contributed by atoms with E-state index in [0.29, 0.717) is 12.3 Å². The van der Waals surface area contributed by atoms with E-state index in [1.54, 1.807) is 11.3 Å². The topological polar surface area (TPSA) is 55.7 Å². The van der Waals surface area contributed by atoms with Gasteiger partial charge in [0.15, 0.2) is 5.60 Å². The summed E-state index contributed by atoms with van der Waals surface area (Å²) < 4.78 is 5.84. The molecule has 0 bridgehead atoms. The van der Waals surface area contributed by atoms with Crippen molar-refractivity contribution in [2.24, 2.45) is 5.16 Å². The van der Waals surface area contributed by atoms with Crippen LogP contribution in [0.2, 0.25) is 0 Å². The Morgan fingerprint density at radius 1 is 1.30 bits per heavy atom. The summed E-state index contributed by atoms with van der Waals surface area (Å²) >= 11 is 1.74. The molecule has 1 fully saturated rings. The molecule has 2 aromatic rings. The van der Waals surface area contributed by atoms with Crippen molar-refractivity contribution in [3.63, 3.8) is 0 Å². The Bertz CT molecular complexity index is 975. The quantitative estimate of drug-likeness (QED) is 0.677. The monoisotopic (exact) mass is 445 g/mol. The number of hydrogen-bond acceptors (Lipinski definition) is 6. The van der Waals surface area contributed by atoms with Gasteiger partial charge in [-0.2, -0.15) is 0 Å². The lowest BCUT2D eigenvalue weighted by atomic mass is 9.87. The maximum atomic E-state index is 5.97. The van der Waals surface area contributed by atoms with E-state index < -0.39 is 5.60 Å². The fraction of sp³-hybridized carbons (Fsp3) is 0.478. The third-order valence-electron chi connectivity index (χ3n) is 5.84. The first-order valence-electron chi connectivity index (χ1n) is 10.1. The van der Waals surface area contributed by atoms with E-state index in [1.165, 1.54) is 10.6 Å². The second-order valence-electron chi connectivity index (χ2n) is 8.06. The number of oxime groups is 1. The van der Waals surface area contributed by atoms with Crippen LogP contribution in [0.25, 0.3) is 0 Å². The van der Waals surface area contributed by atoms with E-state index in [9.17, 15) is 0 Å². The van der Waals surface area contributed by atoms with E-state index in [1.807, 2.05) is 6.07 Å². The molecule has 1 saturated heterocycles. The van der Waals surface area contributed by atoms with Crippen molar-refractivity contribution in [3.05, 3.63) is 44.9 Å². The molecule has 0 aliphatic carbocycles. The lowest BCUT2D eigenvalue weighted by Crippen LogP contribution is -2.26. The first-order chi connectivity index (χ1) is 14.0. The highest BCUT2D eigenvalue weighted by molar-refractivity contribution is 7.10. The summed E-state index contributed by atoms with van der Waals surface area (Å²) in [6.07, 6.45) is 8.34. The minimum absolute atomic E-state index is 0. The molecule has 0 radical (unpaired) electrons. The summed E-state index contributed by atoms with van der Waals surface area (Å²) in [5, 5.41) is 11.2. The van der Waals surface area contributed by atoms with Crippen molar-refractivity contribution >= 4 is 29.5 Å². The zero-order valence-electron chi connectivity index (χ0n) is 17.7. The first-order valence-corrected chi connectivity index (χ1v) is 11.0. The molecule has 7 heteroatoms. The van der Waals surface area contributed by atoms with Crippen molar-refractivity contribution < 1.29 is 9.57 Å². The van der Waals surface area contributed by atoms with E-state index in [4.69, 9.17) is 21.0 Å². The van der Waals surface area contributed by atoms with Crippen LogP contribution >= 0.6 is 23.7 Å². The van der Waals surface area contributed by atoms with Gasteiger partial charge in [0, 0.05) is 23.3 Å². The lowest BCUT2D eigenvalue weighted by Gasteiger charge is -2.25. The van der Waals surface area contributed by atoms with Crippen LogP contribution < -0.4 is 10.1 Å². The Balaban J connectivity index is 0.00000256. The van der Waals surface area contributed by atoms with Crippen molar-refractivity contribution in [2.75, 3.05) is 19.7 Å². The summed E-state index contributed by atoms with van der Waals surface area (Å²) in [6, 6.07) is 4.16. The number of nitrogens with one attached hydrogen (secondary N) is 1. The first kappa shape index (κ1) is 22.6. The van der Waals surface area contributed by atoms with Gasteiger partial charge in [-0.05, 0) is 70.0 Å². The smallest absolute Gasteiger partial charge is 0.169 e. The van der Waals surface area contributed by atoms with Gasteiger partial charge >= 0.3 is 0 Å². The molecule has 1 aromatic carbocycles. The molecule has 160 valence electrons. The number of piperidine rings is 1. The zero-order valence-corrected chi connectivity index (χ0v) is 19.3. The maximum absolute atomic E-state index is 5.97. The van der Waals surface area contributed by atoms with Gasteiger partial charge in [-0.15, -0.1) is 30.2 Å². The molecular weight excluding hydrogens is 418 g/mol. The van der Waals surface area contributed by atoms with Crippen LogP contribution in [0.4, 0.5) is 0 Å². The van der Waals surface area contributed by atoms with Crippen LogP contribution in [0.5, 0.6) is 5.75 Å². The molecular formula is C23H28ClN3O2S. The summed E-state index contributed by atoms with van der Waals surface area (Å²) in [5.74, 6) is 3.86. The highest BCUT2D eigenvalue weighted by Gasteiger charge is 2.40. The van der Waals surface area contributed by atoms with Crippen molar-refractivity contribution in [3.8, 4) is 18.1 Å². The number of nitrogens with zero attached hydrogens (tertiary/aromatic N) is 2. The number of aromatic nitrogens is 1. The normalized spacial score (nSPS) is 21.3. The van der Waals surface area contributed by atoms with Crippen molar-refractivity contribution in [2.45, 2.75) is 51.6 Å². The minimum atomic E-state index is -0.601. The number of terminal acetylenes is 1. The molecule has 2 aliphatic rings. The number of benzene rings is 1. The summed E-state index contributed by atoms with van der Waals surface area (Å²) in [6.45, 7) is 8.57. The Labute approximate surface area is 188 Å². The van der Waals surface area contributed by atoms with Crippen LogP contribution in [0.1, 0.15) is 59.5 Å². The van der Waals surface area contributed by atoms with Gasteiger partial charge in [-0.25, -0.2) is 4.98 Å². The number of ether oxygens (including phenoxy) is 1. The van der Waals surface area contributed by atoms with E-state index >= 15 is 0 Å². The molecule has 1 unspecified atom stereocenters. The third kappa shape index (κ3) is 4.49. The minimum Gasteiger partial charge on any atom is -0.481 e. The van der Waals surface area contributed by atoms with E-state index in [0.717, 1.165) is 54.2 Å². The molecule has 0 saturated carbocycles. The molecule has 4 rings (SSSR count). The Kier molecular flexibility index (Phi) is 7.07. The van der Waals surface area contributed by atoms with Gasteiger partial charge in [-0.3, -0.25) is 0 Å². The molecule has 2 aliphatic heterocycles. The van der Waals surface area contributed by atoms with Crippen LogP contribution in [-0.4, -0.2) is 30.4 Å². The summed E-state index contributed by atoms with van der Waals surface area (Å²) in [5.41, 5.74) is 4.55. The van der Waals surface area contributed by atoms with Gasteiger partial charge < -0.3 is 14.9 Å². The number of aryl methyl sites for hydroxylation is 2. The number of hydrogen-bond donors (Lipinski definition) is 1. The number of thiazole rings is 1. The second kappa shape index (κ2) is 9.38. The average molecular weight is 446 g/mol. The summed E-state index contributed by atoms with van der Waals surface area (Å²) in [7, 11) is 0. The molecule has 0 spiro atoms. The molecule has 1 atom stereocenters. The van der Waals surface area contributed by atoms with Gasteiger partial charge in [0.25, 0.3) is 0 Å². The lowest BCUT2D eigenvalue weighted by molar-refractivity contribution is -0.00923. The SMILES string of the molecule is C#CCOc1cc(C)c(C)cc1C1(C)CC(c2csc(C3CCNCC3)n2)=NO1.Cl. The van der Waals surface area contributed by atoms with Crippen molar-refractivity contribution in [1.82, 2.24) is 10.3 Å². The van der Waals surface area contributed by atoms with Gasteiger partial charge in [0.2, 0.25) is 0 Å². The zero-order chi connectivity index (χ0) is 20.4. The Morgan fingerprint density at radius 2 is 2.03 bits per heavy atom. The van der Waals surface area contributed by atoms with E-state index in [2.05, 4.69) is 48.6 Å². The largest absolute Gasteiger partial charge is 0.481 e. The number of halogens is 1. The molecule has 30 heavy (non-hydrogen) atoms. The standard InChI is InChI=1S/C23H27N3O2S.ClH/c1-5-10-27-21-12-16(3)15(2)11-18(21)23(4)13-19(26-28-23)20-14-29-22(25-20)17-6-8-24-9-7-17;/h1,11-12,14,17,24H,6-10,13H2,2-4H3;1H. The summed E-state index contributed by atoms with van der Waals surface area (Å²) in [4.78, 5) is 10.9. The Hall–Kier alpha value is -2.07. The van der Waals surface area contributed by atoms with E-state index in [-0.39, 0.29) is 19.0 Å². The predicted octanol–water partition coefficient (Wildman–Crippen LogP) is 4.70. The van der Waals surface area contributed by atoms with Crippen molar-refractivity contribution in [1.29, 1.82) is 0 Å². The predicted molar refractivity (Wildman–Crippen MR) is 124 cm³/mol. The van der Waals surface area contributed by atoms with Crippen LogP contribution in [0.3, 0.4) is 0 Å². The molecule has 1 aromatic heterocycles. The van der Waals surface area contributed by atoms with Gasteiger partial charge in [0.05, 0.1) is 10.7 Å². The van der Waals surface area contributed by atoms with Crippen LogP contribution in [0.15, 0.2) is 22.7 Å². The highest BCUT2D eigenvalue weighted by atomic mass is 35.5. The van der Waals surface area contributed by atoms with Gasteiger partial charge in [0.1, 0.15) is 18.1 Å².